The Morgan fingerprint density at radius 2 is 1.00 bits per heavy atom. The van der Waals surface area contributed by atoms with Crippen molar-refractivity contribution < 1.29 is 75.2 Å². The van der Waals surface area contributed by atoms with Gasteiger partial charge in [0.05, 0.1) is 6.54 Å². The summed E-state index contributed by atoms with van der Waals surface area (Å²) in [7, 11) is 0. The van der Waals surface area contributed by atoms with Crippen molar-refractivity contribution in [2.45, 2.75) is 81.5 Å². The molecule has 2 aromatic carbocycles. The fourth-order valence-electron chi connectivity index (χ4n) is 5.20. The van der Waals surface area contributed by atoms with E-state index in [2.05, 4.69) is 36.6 Å². The Bertz CT molecular complexity index is 1900. The van der Waals surface area contributed by atoms with E-state index in [4.69, 9.17) is 42.7 Å². The van der Waals surface area contributed by atoms with Crippen LogP contribution in [0.5, 0.6) is 5.75 Å². The van der Waals surface area contributed by atoms with Gasteiger partial charge in [-0.25, -0.2) is 9.59 Å². The molecule has 2 aromatic rings. The number of phenolic OH excluding ortho intramolecular Hbond substituents is 1. The molecule has 64 heavy (non-hydrogen) atoms. The lowest BCUT2D eigenvalue weighted by Crippen LogP contribution is -2.57. The molecule has 0 aliphatic carbocycles. The van der Waals surface area contributed by atoms with Gasteiger partial charge in [-0.1, -0.05) is 42.5 Å². The normalized spacial score (nSPS) is 18.4. The van der Waals surface area contributed by atoms with Crippen molar-refractivity contribution in [3.63, 3.8) is 0 Å². The summed E-state index contributed by atoms with van der Waals surface area (Å²) in [5.41, 5.74) is 23.3. The van der Waals surface area contributed by atoms with Crippen LogP contribution >= 0.6 is 0 Å². The Morgan fingerprint density at radius 1 is 0.594 bits per heavy atom. The number of carbonyl (C=O) groups excluding carboxylic acids is 5. The van der Waals surface area contributed by atoms with E-state index in [9.17, 15) is 55.4 Å². The number of rotatable bonds is 13. The topological polar surface area (TPSA) is 369 Å². The fourth-order valence-corrected chi connectivity index (χ4v) is 5.20. The van der Waals surface area contributed by atoms with Crippen molar-refractivity contribution in [2.24, 2.45) is 32.9 Å². The Labute approximate surface area is 360 Å². The lowest BCUT2D eigenvalue weighted by atomic mass is 10.0. The fraction of sp³-hybridized carbons (Fsp3) is 0.432. The number of nitrogens with one attached hydrogen (secondary N) is 5. The molecule has 1 aliphatic heterocycles. The smallest absolute Gasteiger partial charge is 0.490 e. The highest BCUT2D eigenvalue weighted by Gasteiger charge is 2.39. The molecular formula is C37H49F6N11O10. The van der Waals surface area contributed by atoms with Crippen molar-refractivity contribution in [1.29, 1.82) is 0 Å². The van der Waals surface area contributed by atoms with Crippen LogP contribution in [-0.4, -0.2) is 125 Å². The minimum atomic E-state index is -5.08. The number of amides is 5. The second kappa shape index (κ2) is 26.9. The number of guanidine groups is 2. The van der Waals surface area contributed by atoms with Gasteiger partial charge >= 0.3 is 24.3 Å². The van der Waals surface area contributed by atoms with Crippen LogP contribution in [0.3, 0.4) is 0 Å². The van der Waals surface area contributed by atoms with Gasteiger partial charge in [0.25, 0.3) is 0 Å². The summed E-state index contributed by atoms with van der Waals surface area (Å²) in [5, 5.41) is 37.3. The van der Waals surface area contributed by atoms with Crippen LogP contribution in [0.2, 0.25) is 0 Å². The number of carbonyl (C=O) groups is 7. The second-order valence-electron chi connectivity index (χ2n) is 13.4. The molecule has 16 N–H and O–H groups in total. The Hall–Kier alpha value is -7.35. The molecule has 3 rings (SSSR count). The van der Waals surface area contributed by atoms with E-state index < -0.39 is 84.5 Å². The zero-order chi connectivity index (χ0) is 48.6. The summed E-state index contributed by atoms with van der Waals surface area (Å²) in [5.74, 6) is -9.09. The van der Waals surface area contributed by atoms with Gasteiger partial charge in [-0.2, -0.15) is 26.3 Å². The van der Waals surface area contributed by atoms with E-state index in [0.717, 1.165) is 5.56 Å². The molecule has 0 aromatic heterocycles. The van der Waals surface area contributed by atoms with Gasteiger partial charge in [-0.15, -0.1) is 0 Å². The van der Waals surface area contributed by atoms with Gasteiger partial charge in [-0.05, 0) is 61.8 Å². The molecule has 4 atom stereocenters. The molecule has 27 heteroatoms. The first kappa shape index (κ1) is 54.7. The first-order valence-corrected chi connectivity index (χ1v) is 18.8. The third-order valence-electron chi connectivity index (χ3n) is 8.29. The summed E-state index contributed by atoms with van der Waals surface area (Å²) in [6.07, 6.45) is -8.79. The van der Waals surface area contributed by atoms with Crippen LogP contribution in [0.25, 0.3) is 0 Å². The molecule has 0 unspecified atom stereocenters. The first-order chi connectivity index (χ1) is 29.8. The Kier molecular flexibility index (Phi) is 23.0. The maximum atomic E-state index is 13.8. The highest BCUT2D eigenvalue weighted by atomic mass is 19.4. The molecule has 1 fully saturated rings. The lowest BCUT2D eigenvalue weighted by molar-refractivity contribution is -0.193. The van der Waals surface area contributed by atoms with Crippen molar-refractivity contribution in [3.05, 3.63) is 65.7 Å². The number of hydrogen-bond donors (Lipinski definition) is 12. The van der Waals surface area contributed by atoms with Crippen LogP contribution in [0.1, 0.15) is 43.2 Å². The summed E-state index contributed by atoms with van der Waals surface area (Å²) >= 11 is 0. The number of alkyl halides is 6. The van der Waals surface area contributed by atoms with Crippen LogP contribution in [0, 0.1) is 0 Å². The number of nitrogens with two attached hydrogens (primary N) is 4. The van der Waals surface area contributed by atoms with Gasteiger partial charge in [-0.3, -0.25) is 34.0 Å². The van der Waals surface area contributed by atoms with Gasteiger partial charge in [0, 0.05) is 19.5 Å². The van der Waals surface area contributed by atoms with E-state index >= 15 is 0 Å². The molecular weight excluding hydrogens is 872 g/mol. The lowest BCUT2D eigenvalue weighted by Gasteiger charge is -2.26. The van der Waals surface area contributed by atoms with Crippen molar-refractivity contribution in [1.82, 2.24) is 26.6 Å². The van der Waals surface area contributed by atoms with E-state index in [-0.39, 0.29) is 62.9 Å². The quantitative estimate of drug-likeness (QED) is 0.0497. The molecule has 354 valence electrons. The zero-order valence-corrected chi connectivity index (χ0v) is 33.7. The van der Waals surface area contributed by atoms with Gasteiger partial charge in [0.1, 0.15) is 29.9 Å². The number of halogens is 6. The average Bonchev–Trinajstić information content (AvgIpc) is 3.20. The highest BCUT2D eigenvalue weighted by molar-refractivity contribution is 5.97. The number of phenols is 1. The predicted octanol–water partition coefficient (Wildman–Crippen LogP) is -0.990. The number of benzene rings is 2. The maximum absolute atomic E-state index is 13.8. The second-order valence-corrected chi connectivity index (χ2v) is 13.4. The molecule has 1 saturated heterocycles. The minimum absolute atomic E-state index is 0.00129. The molecule has 1 aliphatic rings. The van der Waals surface area contributed by atoms with Crippen molar-refractivity contribution >= 4 is 53.4 Å². The molecule has 1 heterocycles. The van der Waals surface area contributed by atoms with E-state index in [1.54, 1.807) is 12.1 Å². The Morgan fingerprint density at radius 3 is 1.41 bits per heavy atom. The van der Waals surface area contributed by atoms with Crippen LogP contribution in [0.15, 0.2) is 64.6 Å². The average molecular weight is 922 g/mol. The monoisotopic (exact) mass is 921 g/mol. The van der Waals surface area contributed by atoms with Gasteiger partial charge in [0.2, 0.25) is 29.5 Å². The molecule has 0 bridgehead atoms. The van der Waals surface area contributed by atoms with Crippen molar-refractivity contribution in [3.8, 4) is 5.75 Å². The predicted molar refractivity (Wildman–Crippen MR) is 215 cm³/mol. The maximum Gasteiger partial charge on any atom is 0.490 e. The molecule has 0 spiro atoms. The summed E-state index contributed by atoms with van der Waals surface area (Å²) in [6, 6.07) is 10.9. The number of carboxylic acids is 2. The number of aliphatic carboxylic acids is 2. The number of aromatic hydroxyl groups is 1. The molecule has 0 saturated carbocycles. The van der Waals surface area contributed by atoms with E-state index in [0.29, 0.717) is 18.4 Å². The molecule has 0 radical (unpaired) electrons. The van der Waals surface area contributed by atoms with Gasteiger partial charge < -0.3 is 64.8 Å². The van der Waals surface area contributed by atoms with Crippen LogP contribution in [-0.2, 0) is 46.4 Å². The Balaban J connectivity index is 0.00000126. The standard InChI is InChI=1S/C33H47N11O6.2C2HF3O2/c34-32(35)38-16-4-8-23-30(49)44-25(15-12-20-6-2-1-3-7-20)28(47)40-19-27(46)41-26(18-21-10-13-22(45)14-11-21)31(50)43-24(29(48)42-23)9-5-17-39-33(36)37;2*3-2(4,5)1(6)7/h1-3,6-7,10-11,13-14,23-26,45H,4-5,8-9,12,15-19H2,(H,40,47)(H,41,46)(H,42,48)(H,43,50)(H,44,49)(H4,34,35,38)(H4,36,37,39);2*(H,6,7)/t23-,24-,25-,26+;;/m0../s1. The molecule has 21 nitrogen and oxygen atoms in total. The minimum Gasteiger partial charge on any atom is -0.508 e. The summed E-state index contributed by atoms with van der Waals surface area (Å²) < 4.78 is 63.5. The third-order valence-corrected chi connectivity index (χ3v) is 8.29. The number of hydrogen-bond acceptors (Lipinski definition) is 10. The van der Waals surface area contributed by atoms with Crippen molar-refractivity contribution in [2.75, 3.05) is 19.6 Å². The van der Waals surface area contributed by atoms with Crippen LogP contribution < -0.4 is 49.5 Å². The summed E-state index contributed by atoms with van der Waals surface area (Å²) in [4.78, 5) is 93.4. The number of aliphatic imine (C=N–C) groups is 2. The SMILES string of the molecule is NC(N)=NCCC[C@@H]1NC(=O)[C@H](CCCN=C(N)N)NC(=O)[C@@H](Cc2ccc(O)cc2)NC(=O)CNC(=O)[C@H](CCc2ccccc2)NC1=O.O=C(O)C(F)(F)F.O=C(O)C(F)(F)F. The number of nitrogens with zero attached hydrogens (tertiary/aromatic N) is 2. The number of carboxylic acid groups (broad SMARTS) is 2. The first-order valence-electron chi connectivity index (χ1n) is 18.8. The van der Waals surface area contributed by atoms with E-state index in [1.165, 1.54) is 12.1 Å². The molecule has 5 amide bonds. The third kappa shape index (κ3) is 23.0. The number of aryl methyl sites for hydroxylation is 1. The van der Waals surface area contributed by atoms with Gasteiger partial charge in [0.15, 0.2) is 11.9 Å². The van der Waals surface area contributed by atoms with E-state index in [1.807, 2.05) is 30.3 Å². The van der Waals surface area contributed by atoms with Crippen LogP contribution in [0.4, 0.5) is 26.3 Å². The summed E-state index contributed by atoms with van der Waals surface area (Å²) in [6.45, 7) is -0.156. The largest absolute Gasteiger partial charge is 0.508 e. The highest BCUT2D eigenvalue weighted by Crippen LogP contribution is 2.15. The zero-order valence-electron chi connectivity index (χ0n) is 33.7.